The second-order valence-corrected chi connectivity index (χ2v) is 5.11. The van der Waals surface area contributed by atoms with Gasteiger partial charge in [0.2, 0.25) is 0 Å². The molecule has 0 amide bonds. The molecule has 0 aliphatic rings. The van der Waals surface area contributed by atoms with Gasteiger partial charge in [-0.1, -0.05) is 30.3 Å². The molecule has 0 heterocycles. The van der Waals surface area contributed by atoms with Crippen LogP contribution in [0.2, 0.25) is 0 Å². The average Bonchev–Trinajstić information content (AvgIpc) is 2.53. The maximum Gasteiger partial charge on any atom is 0.124 e. The summed E-state index contributed by atoms with van der Waals surface area (Å²) in [5.41, 5.74) is 6.32. The molecular weight excluding hydrogens is 266 g/mol. The van der Waals surface area contributed by atoms with Gasteiger partial charge < -0.3 is 20.3 Å². The lowest BCUT2D eigenvalue weighted by Gasteiger charge is -2.24. The minimum atomic E-state index is -1.06. The number of hydrogen-bond donors (Lipinski definition) is 2. The Morgan fingerprint density at radius 2 is 1.86 bits per heavy atom. The zero-order valence-electron chi connectivity index (χ0n) is 12.4. The van der Waals surface area contributed by atoms with Crippen LogP contribution in [0.3, 0.4) is 0 Å². The molecule has 3 N–H and O–H groups in total. The van der Waals surface area contributed by atoms with Gasteiger partial charge in [0.25, 0.3) is 0 Å². The highest BCUT2D eigenvalue weighted by atomic mass is 16.5. The molecule has 1 unspecified atom stereocenters. The van der Waals surface area contributed by atoms with E-state index in [1.54, 1.807) is 14.0 Å². The highest BCUT2D eigenvalue weighted by Gasteiger charge is 2.24. The van der Waals surface area contributed by atoms with Crippen molar-refractivity contribution in [3.05, 3.63) is 59.7 Å². The number of hydrogen-bond acceptors (Lipinski definition) is 4. The first-order chi connectivity index (χ1) is 10.1. The van der Waals surface area contributed by atoms with E-state index in [-0.39, 0.29) is 6.61 Å². The number of nitrogens with two attached hydrogens (primary N) is 1. The Bertz CT molecular complexity index is 582. The summed E-state index contributed by atoms with van der Waals surface area (Å²) in [7, 11) is 1.61. The number of benzene rings is 2. The number of methoxy groups -OCH3 is 1. The Kier molecular flexibility index (Phi) is 4.83. The Morgan fingerprint density at radius 3 is 2.48 bits per heavy atom. The normalized spacial score (nSPS) is 13.5. The van der Waals surface area contributed by atoms with Crippen molar-refractivity contribution in [3.63, 3.8) is 0 Å². The first-order valence-electron chi connectivity index (χ1n) is 6.84. The van der Waals surface area contributed by atoms with Gasteiger partial charge in [-0.25, -0.2) is 0 Å². The lowest BCUT2D eigenvalue weighted by molar-refractivity contribution is 0.00730. The molecule has 4 heteroatoms. The molecule has 0 aliphatic carbocycles. The molecule has 0 aromatic heterocycles. The molecule has 0 fully saturated rings. The third kappa shape index (κ3) is 3.74. The van der Waals surface area contributed by atoms with E-state index in [9.17, 15) is 5.11 Å². The third-order valence-electron chi connectivity index (χ3n) is 3.39. The van der Waals surface area contributed by atoms with Gasteiger partial charge in [0, 0.05) is 12.1 Å². The van der Waals surface area contributed by atoms with Crippen LogP contribution in [0.4, 0.5) is 0 Å². The molecule has 0 radical (unpaired) electrons. The highest BCUT2D eigenvalue weighted by Crippen LogP contribution is 2.27. The van der Waals surface area contributed by atoms with Gasteiger partial charge in [-0.2, -0.15) is 0 Å². The van der Waals surface area contributed by atoms with Crippen LogP contribution in [0.25, 0.3) is 0 Å². The molecule has 4 nitrogen and oxygen atoms in total. The third-order valence-corrected chi connectivity index (χ3v) is 3.39. The van der Waals surface area contributed by atoms with E-state index in [1.165, 1.54) is 0 Å². The average molecular weight is 287 g/mol. The van der Waals surface area contributed by atoms with Crippen molar-refractivity contribution in [1.29, 1.82) is 0 Å². The summed E-state index contributed by atoms with van der Waals surface area (Å²) in [6.07, 6.45) is 0. The zero-order chi connectivity index (χ0) is 15.3. The molecule has 1 atom stereocenters. The Hall–Kier alpha value is -2.04. The highest BCUT2D eigenvalue weighted by molar-refractivity contribution is 5.40. The molecule has 0 spiro atoms. The lowest BCUT2D eigenvalue weighted by Crippen LogP contribution is -2.29. The van der Waals surface area contributed by atoms with Crippen LogP contribution in [-0.2, 0) is 12.1 Å². The minimum Gasteiger partial charge on any atom is -0.497 e. The maximum absolute atomic E-state index is 10.5. The van der Waals surface area contributed by atoms with Gasteiger partial charge in [0.15, 0.2) is 0 Å². The van der Waals surface area contributed by atoms with E-state index >= 15 is 0 Å². The second-order valence-electron chi connectivity index (χ2n) is 5.11. The van der Waals surface area contributed by atoms with Crippen LogP contribution < -0.4 is 15.2 Å². The summed E-state index contributed by atoms with van der Waals surface area (Å²) in [6, 6.07) is 14.9. The van der Waals surface area contributed by atoms with E-state index in [1.807, 2.05) is 48.5 Å². The Morgan fingerprint density at radius 1 is 1.14 bits per heavy atom. The van der Waals surface area contributed by atoms with Crippen LogP contribution >= 0.6 is 0 Å². The zero-order valence-corrected chi connectivity index (χ0v) is 12.4. The molecule has 0 bridgehead atoms. The predicted octanol–water partition coefficient (Wildman–Crippen LogP) is 2.44. The number of rotatable bonds is 6. The molecule has 2 rings (SSSR count). The maximum atomic E-state index is 10.5. The number of aliphatic hydroxyl groups is 1. The SMILES string of the molecule is COc1ccc(OCC(C)(O)c2ccccc2)c(CN)c1. The van der Waals surface area contributed by atoms with Crippen molar-refractivity contribution in [1.82, 2.24) is 0 Å². The largest absolute Gasteiger partial charge is 0.497 e. The first kappa shape index (κ1) is 15.4. The van der Waals surface area contributed by atoms with Crippen LogP contribution in [0.1, 0.15) is 18.1 Å². The Balaban J connectivity index is 2.12. The van der Waals surface area contributed by atoms with E-state index in [2.05, 4.69) is 0 Å². The fourth-order valence-corrected chi connectivity index (χ4v) is 2.08. The molecule has 21 heavy (non-hydrogen) atoms. The summed E-state index contributed by atoms with van der Waals surface area (Å²) in [5, 5.41) is 10.5. The van der Waals surface area contributed by atoms with Crippen molar-refractivity contribution >= 4 is 0 Å². The second kappa shape index (κ2) is 6.61. The first-order valence-corrected chi connectivity index (χ1v) is 6.84. The van der Waals surface area contributed by atoms with Crippen LogP contribution in [0, 0.1) is 0 Å². The Labute approximate surface area is 125 Å². The van der Waals surface area contributed by atoms with Crippen LogP contribution in [0.5, 0.6) is 11.5 Å². The van der Waals surface area contributed by atoms with E-state index in [0.29, 0.717) is 12.3 Å². The molecular formula is C17H21NO3. The van der Waals surface area contributed by atoms with Gasteiger partial charge in [0.1, 0.15) is 23.7 Å². The molecule has 2 aromatic rings. The van der Waals surface area contributed by atoms with Crippen LogP contribution in [0.15, 0.2) is 48.5 Å². The van der Waals surface area contributed by atoms with Crippen LogP contribution in [-0.4, -0.2) is 18.8 Å². The van der Waals surface area contributed by atoms with Crippen molar-refractivity contribution < 1.29 is 14.6 Å². The monoisotopic (exact) mass is 287 g/mol. The van der Waals surface area contributed by atoms with Crippen molar-refractivity contribution in [2.45, 2.75) is 19.1 Å². The molecule has 0 aliphatic heterocycles. The van der Waals surface area contributed by atoms with Gasteiger partial charge in [-0.05, 0) is 30.7 Å². The summed E-state index contributed by atoms with van der Waals surface area (Å²) in [5.74, 6) is 1.40. The van der Waals surface area contributed by atoms with E-state index in [0.717, 1.165) is 16.9 Å². The van der Waals surface area contributed by atoms with E-state index in [4.69, 9.17) is 15.2 Å². The quantitative estimate of drug-likeness (QED) is 0.856. The van der Waals surface area contributed by atoms with E-state index < -0.39 is 5.60 Å². The molecule has 2 aromatic carbocycles. The summed E-state index contributed by atoms with van der Waals surface area (Å²) in [6.45, 7) is 2.23. The molecule has 0 saturated heterocycles. The minimum absolute atomic E-state index is 0.149. The summed E-state index contributed by atoms with van der Waals surface area (Å²) >= 11 is 0. The fourth-order valence-electron chi connectivity index (χ4n) is 2.08. The van der Waals surface area contributed by atoms with Gasteiger partial charge in [-0.15, -0.1) is 0 Å². The fraction of sp³-hybridized carbons (Fsp3) is 0.294. The number of ether oxygens (including phenoxy) is 2. The standard InChI is InChI=1S/C17H21NO3/c1-17(19,14-6-4-3-5-7-14)12-21-16-9-8-15(20-2)10-13(16)11-18/h3-10,19H,11-12,18H2,1-2H3. The van der Waals surface area contributed by atoms with Gasteiger partial charge in [0.05, 0.1) is 7.11 Å². The van der Waals surface area contributed by atoms with Gasteiger partial charge in [-0.3, -0.25) is 0 Å². The van der Waals surface area contributed by atoms with Crippen molar-refractivity contribution in [2.24, 2.45) is 5.73 Å². The molecule has 0 saturated carbocycles. The smallest absolute Gasteiger partial charge is 0.124 e. The summed E-state index contributed by atoms with van der Waals surface area (Å²) in [4.78, 5) is 0. The topological polar surface area (TPSA) is 64.7 Å². The summed E-state index contributed by atoms with van der Waals surface area (Å²) < 4.78 is 10.9. The van der Waals surface area contributed by atoms with Gasteiger partial charge >= 0.3 is 0 Å². The lowest BCUT2D eigenvalue weighted by atomic mass is 9.97. The molecule has 112 valence electrons. The predicted molar refractivity (Wildman–Crippen MR) is 82.4 cm³/mol. The van der Waals surface area contributed by atoms with Crippen molar-refractivity contribution in [2.75, 3.05) is 13.7 Å². The van der Waals surface area contributed by atoms with Crippen molar-refractivity contribution in [3.8, 4) is 11.5 Å².